The number of hydrogen-bond donors (Lipinski definition) is 1. The van der Waals surface area contributed by atoms with Crippen molar-refractivity contribution in [1.29, 1.82) is 0 Å². The minimum atomic E-state index is -0.0959. The average molecular weight is 270 g/mol. The Kier molecular flexibility index (Phi) is 3.78. The number of hydrogen-bond acceptors (Lipinski definition) is 4. The molecule has 0 bridgehead atoms. The second kappa shape index (κ2) is 5.02. The third-order valence-corrected chi connectivity index (χ3v) is 4.00. The van der Waals surface area contributed by atoms with E-state index >= 15 is 0 Å². The molecule has 1 aliphatic heterocycles. The number of halogens is 1. The Morgan fingerprint density at radius 2 is 2.22 bits per heavy atom. The number of nitrogens with zero attached hydrogens (tertiary/aromatic N) is 2. The molecule has 2 atom stereocenters. The molecule has 1 aromatic rings. The van der Waals surface area contributed by atoms with E-state index in [0.29, 0.717) is 5.15 Å². The molecule has 5 heteroatoms. The third kappa shape index (κ3) is 2.45. The first-order valence-electron chi connectivity index (χ1n) is 6.34. The van der Waals surface area contributed by atoms with Gasteiger partial charge < -0.3 is 10.1 Å². The Morgan fingerprint density at radius 1 is 1.50 bits per heavy atom. The second-order valence-electron chi connectivity index (χ2n) is 5.39. The van der Waals surface area contributed by atoms with Crippen LogP contribution in [0.3, 0.4) is 0 Å². The fourth-order valence-corrected chi connectivity index (χ4v) is 2.61. The van der Waals surface area contributed by atoms with Crippen LogP contribution in [0.15, 0.2) is 6.33 Å². The van der Waals surface area contributed by atoms with Crippen molar-refractivity contribution >= 4 is 17.4 Å². The van der Waals surface area contributed by atoms with Gasteiger partial charge in [-0.05, 0) is 26.2 Å². The maximum atomic E-state index is 6.17. The van der Waals surface area contributed by atoms with Crippen LogP contribution >= 0.6 is 11.6 Å². The van der Waals surface area contributed by atoms with Crippen LogP contribution in [0.25, 0.3) is 0 Å². The normalized spacial score (nSPS) is 27.8. The van der Waals surface area contributed by atoms with E-state index in [1.807, 2.05) is 0 Å². The van der Waals surface area contributed by atoms with Gasteiger partial charge in [0.2, 0.25) is 0 Å². The van der Waals surface area contributed by atoms with E-state index in [1.54, 1.807) is 0 Å². The molecular weight excluding hydrogens is 250 g/mol. The lowest BCUT2D eigenvalue weighted by atomic mass is 9.94. The van der Waals surface area contributed by atoms with E-state index in [-0.39, 0.29) is 17.6 Å². The van der Waals surface area contributed by atoms with Crippen molar-refractivity contribution in [3.05, 3.63) is 17.0 Å². The zero-order valence-electron chi connectivity index (χ0n) is 11.3. The average Bonchev–Trinajstić information content (AvgIpc) is 2.58. The fraction of sp³-hybridized carbons (Fsp3) is 0.692. The second-order valence-corrected chi connectivity index (χ2v) is 5.74. The smallest absolute Gasteiger partial charge is 0.138 e. The Balaban J connectivity index is 2.32. The van der Waals surface area contributed by atoms with E-state index in [9.17, 15) is 0 Å². The zero-order valence-corrected chi connectivity index (χ0v) is 12.1. The maximum Gasteiger partial charge on any atom is 0.138 e. The monoisotopic (exact) mass is 269 g/mol. The zero-order chi connectivity index (χ0) is 13.3. The summed E-state index contributed by atoms with van der Waals surface area (Å²) < 4.78 is 5.63. The lowest BCUT2D eigenvalue weighted by molar-refractivity contribution is 0.105. The lowest BCUT2D eigenvalue weighted by Crippen LogP contribution is -2.41. The van der Waals surface area contributed by atoms with Crippen molar-refractivity contribution in [2.45, 2.75) is 51.7 Å². The van der Waals surface area contributed by atoms with Gasteiger partial charge in [-0.2, -0.15) is 0 Å². The largest absolute Gasteiger partial charge is 0.376 e. The Morgan fingerprint density at radius 3 is 2.78 bits per heavy atom. The molecule has 1 aliphatic rings. The molecule has 0 aromatic carbocycles. The van der Waals surface area contributed by atoms with Gasteiger partial charge in [-0.25, -0.2) is 9.97 Å². The van der Waals surface area contributed by atoms with Gasteiger partial charge in [0.1, 0.15) is 17.3 Å². The van der Waals surface area contributed by atoms with Gasteiger partial charge in [-0.15, -0.1) is 0 Å². The van der Waals surface area contributed by atoms with Crippen molar-refractivity contribution in [3.8, 4) is 0 Å². The van der Waals surface area contributed by atoms with Crippen LogP contribution in [-0.4, -0.2) is 28.2 Å². The van der Waals surface area contributed by atoms with Crippen molar-refractivity contribution in [2.75, 3.05) is 11.9 Å². The number of ether oxygens (including phenoxy) is 1. The molecular formula is C13H20ClN3O. The summed E-state index contributed by atoms with van der Waals surface area (Å²) >= 11 is 6.17. The molecule has 0 amide bonds. The number of aromatic nitrogens is 2. The summed E-state index contributed by atoms with van der Waals surface area (Å²) in [6, 6.07) is 0. The highest BCUT2D eigenvalue weighted by Gasteiger charge is 2.38. The van der Waals surface area contributed by atoms with Crippen LogP contribution in [0.1, 0.15) is 45.6 Å². The van der Waals surface area contributed by atoms with Crippen LogP contribution in [-0.2, 0) is 4.74 Å². The molecule has 18 heavy (non-hydrogen) atoms. The molecule has 0 spiro atoms. The van der Waals surface area contributed by atoms with Gasteiger partial charge >= 0.3 is 0 Å². The standard InChI is InChI=1S/C13H20ClN3O/c1-8(2)10-11(14)15-7-16-12(10)17-13(4)5-6-18-9(13)3/h7-9H,5-6H2,1-4H3,(H,15,16,17). The van der Waals surface area contributed by atoms with Crippen molar-refractivity contribution < 1.29 is 4.74 Å². The summed E-state index contributed by atoms with van der Waals surface area (Å²) in [6.45, 7) is 9.20. The molecule has 0 saturated carbocycles. The molecule has 1 fully saturated rings. The van der Waals surface area contributed by atoms with Gasteiger partial charge in [0, 0.05) is 12.2 Å². The minimum Gasteiger partial charge on any atom is -0.376 e. The van der Waals surface area contributed by atoms with E-state index < -0.39 is 0 Å². The highest BCUT2D eigenvalue weighted by Crippen LogP contribution is 2.34. The highest BCUT2D eigenvalue weighted by molar-refractivity contribution is 6.30. The van der Waals surface area contributed by atoms with Crippen molar-refractivity contribution in [3.63, 3.8) is 0 Å². The van der Waals surface area contributed by atoms with Gasteiger partial charge in [0.15, 0.2) is 0 Å². The first-order chi connectivity index (χ1) is 8.44. The summed E-state index contributed by atoms with van der Waals surface area (Å²) in [6.07, 6.45) is 2.62. The molecule has 1 saturated heterocycles. The van der Waals surface area contributed by atoms with Crippen LogP contribution in [0.5, 0.6) is 0 Å². The quantitative estimate of drug-likeness (QED) is 0.856. The fourth-order valence-electron chi connectivity index (χ4n) is 2.25. The van der Waals surface area contributed by atoms with Gasteiger partial charge in [0.05, 0.1) is 11.6 Å². The third-order valence-electron chi connectivity index (χ3n) is 3.70. The number of nitrogens with one attached hydrogen (secondary N) is 1. The topological polar surface area (TPSA) is 47.0 Å². The molecule has 1 aromatic heterocycles. The molecule has 2 heterocycles. The summed E-state index contributed by atoms with van der Waals surface area (Å²) in [5.41, 5.74) is 0.876. The molecule has 4 nitrogen and oxygen atoms in total. The highest BCUT2D eigenvalue weighted by atomic mass is 35.5. The van der Waals surface area contributed by atoms with Gasteiger partial charge in [-0.1, -0.05) is 25.4 Å². The first kappa shape index (κ1) is 13.6. The molecule has 100 valence electrons. The van der Waals surface area contributed by atoms with Crippen LogP contribution in [0.2, 0.25) is 5.15 Å². The first-order valence-corrected chi connectivity index (χ1v) is 6.72. The molecule has 0 radical (unpaired) electrons. The van der Waals surface area contributed by atoms with E-state index in [4.69, 9.17) is 16.3 Å². The van der Waals surface area contributed by atoms with Gasteiger partial charge in [-0.3, -0.25) is 0 Å². The number of rotatable bonds is 3. The molecule has 2 rings (SSSR count). The van der Waals surface area contributed by atoms with Crippen LogP contribution in [0, 0.1) is 0 Å². The van der Waals surface area contributed by atoms with E-state index in [0.717, 1.165) is 24.4 Å². The summed E-state index contributed by atoms with van der Waals surface area (Å²) in [5, 5.41) is 4.02. The summed E-state index contributed by atoms with van der Waals surface area (Å²) in [4.78, 5) is 8.40. The Labute approximate surface area is 113 Å². The van der Waals surface area contributed by atoms with Crippen molar-refractivity contribution in [2.24, 2.45) is 0 Å². The number of anilines is 1. The SMILES string of the molecule is CC(C)c1c(Cl)ncnc1NC1(C)CCOC1C. The minimum absolute atomic E-state index is 0.0959. The maximum absolute atomic E-state index is 6.17. The molecule has 0 aliphatic carbocycles. The van der Waals surface area contributed by atoms with E-state index in [1.165, 1.54) is 6.33 Å². The lowest BCUT2D eigenvalue weighted by Gasteiger charge is -2.31. The Bertz CT molecular complexity index is 438. The Hall–Kier alpha value is -0.870. The molecule has 1 N–H and O–H groups in total. The predicted octanol–water partition coefficient (Wildman–Crippen LogP) is 3.23. The van der Waals surface area contributed by atoms with Crippen LogP contribution in [0.4, 0.5) is 5.82 Å². The van der Waals surface area contributed by atoms with Crippen LogP contribution < -0.4 is 5.32 Å². The van der Waals surface area contributed by atoms with Crippen molar-refractivity contribution in [1.82, 2.24) is 9.97 Å². The van der Waals surface area contributed by atoms with Gasteiger partial charge in [0.25, 0.3) is 0 Å². The summed E-state index contributed by atoms with van der Waals surface area (Å²) in [5.74, 6) is 1.10. The summed E-state index contributed by atoms with van der Waals surface area (Å²) in [7, 11) is 0. The van der Waals surface area contributed by atoms with E-state index in [2.05, 4.69) is 43.0 Å². The predicted molar refractivity (Wildman–Crippen MR) is 73.2 cm³/mol. The molecule has 2 unspecified atom stereocenters.